The molecule has 3 N–H and O–H groups in total. The van der Waals surface area contributed by atoms with Crippen molar-refractivity contribution in [3.63, 3.8) is 0 Å². The van der Waals surface area contributed by atoms with Crippen LogP contribution in [0.3, 0.4) is 0 Å². The van der Waals surface area contributed by atoms with Crippen LogP contribution in [0.5, 0.6) is 5.75 Å². The van der Waals surface area contributed by atoms with Crippen LogP contribution in [0, 0.1) is 0 Å². The average molecular weight is 369 g/mol. The zero-order valence-corrected chi connectivity index (χ0v) is 16.0. The van der Waals surface area contributed by atoms with Crippen molar-refractivity contribution in [1.29, 1.82) is 0 Å². The van der Waals surface area contributed by atoms with Gasteiger partial charge in [-0.25, -0.2) is 13.8 Å². The molecular weight excluding hydrogens is 336 g/mol. The van der Waals surface area contributed by atoms with E-state index in [1.54, 1.807) is 30.3 Å². The van der Waals surface area contributed by atoms with Gasteiger partial charge in [-0.1, -0.05) is 76.1 Å². The lowest BCUT2D eigenvalue weighted by Gasteiger charge is -2.07. The molecular formula is C19H32N2O3S. The Labute approximate surface area is 152 Å². The van der Waals surface area contributed by atoms with E-state index < -0.39 is 10.0 Å². The lowest BCUT2D eigenvalue weighted by Crippen LogP contribution is -2.35. The highest BCUT2D eigenvalue weighted by Gasteiger charge is 2.05. The summed E-state index contributed by atoms with van der Waals surface area (Å²) < 4.78 is 23.6. The van der Waals surface area contributed by atoms with Crippen LogP contribution in [0.25, 0.3) is 0 Å². The highest BCUT2D eigenvalue weighted by atomic mass is 32.2. The molecule has 0 radical (unpaired) electrons. The smallest absolute Gasteiger partial charge is 0.246 e. The van der Waals surface area contributed by atoms with Crippen molar-refractivity contribution in [2.24, 2.45) is 0 Å². The highest BCUT2D eigenvalue weighted by molar-refractivity contribution is 7.92. The number of para-hydroxylation sites is 1. The Balaban J connectivity index is 2.11. The number of nitrogens with one attached hydrogen (secondary N) is 2. The summed E-state index contributed by atoms with van der Waals surface area (Å²) in [5.41, 5.74) is 3.25. The highest BCUT2D eigenvalue weighted by Crippen LogP contribution is 2.14. The predicted octanol–water partition coefficient (Wildman–Crippen LogP) is 4.36. The molecule has 1 rings (SSSR count). The quantitative estimate of drug-likeness (QED) is 0.337. The zero-order chi connectivity index (χ0) is 18.4. The van der Waals surface area contributed by atoms with Crippen molar-refractivity contribution in [3.8, 4) is 5.75 Å². The number of aromatic hydroxyl groups is 1. The van der Waals surface area contributed by atoms with E-state index in [2.05, 4.69) is 17.2 Å². The maximum Gasteiger partial charge on any atom is 0.246 e. The van der Waals surface area contributed by atoms with Gasteiger partial charge in [-0.2, -0.15) is 0 Å². The number of unbranched alkanes of at least 4 members (excludes halogenated alkanes) is 8. The second-order valence-corrected chi connectivity index (χ2v) is 7.83. The molecule has 25 heavy (non-hydrogen) atoms. The number of sulfonamides is 1. The molecule has 0 aliphatic heterocycles. The molecule has 0 spiro atoms. The molecule has 0 amide bonds. The van der Waals surface area contributed by atoms with Crippen LogP contribution < -0.4 is 10.3 Å². The van der Waals surface area contributed by atoms with Crippen LogP contribution in [0.1, 0.15) is 70.3 Å². The summed E-state index contributed by atoms with van der Waals surface area (Å²) in [5.74, 6) is 0.138. The van der Waals surface area contributed by atoms with E-state index in [9.17, 15) is 13.5 Å². The molecule has 1 aromatic rings. The molecule has 0 aromatic heterocycles. The first-order valence-electron chi connectivity index (χ1n) is 9.23. The van der Waals surface area contributed by atoms with E-state index >= 15 is 0 Å². The minimum atomic E-state index is -3.50. The van der Waals surface area contributed by atoms with E-state index in [0.717, 1.165) is 19.3 Å². The minimum absolute atomic E-state index is 0.138. The van der Waals surface area contributed by atoms with Gasteiger partial charge in [0.05, 0.1) is 0 Å². The summed E-state index contributed by atoms with van der Waals surface area (Å²) in [6.07, 6.45) is 12.4. The molecule has 0 fully saturated rings. The van der Waals surface area contributed by atoms with Crippen LogP contribution in [0.2, 0.25) is 0 Å². The standard InChI is InChI=1S/C19H32N2O3S/c1-2-3-4-5-6-7-8-9-10-13-16-25(23,24)21-20-17-18-14-11-12-15-19(18)22/h11-16,20-22H,2-10,17H2,1H3. The van der Waals surface area contributed by atoms with Crippen molar-refractivity contribution in [2.75, 3.05) is 0 Å². The summed E-state index contributed by atoms with van der Waals surface area (Å²) in [5, 5.41) is 10.8. The molecule has 1 aromatic carbocycles. The van der Waals surface area contributed by atoms with Crippen molar-refractivity contribution in [2.45, 2.75) is 71.3 Å². The molecule has 0 saturated heterocycles. The maximum atomic E-state index is 11.8. The largest absolute Gasteiger partial charge is 0.508 e. The predicted molar refractivity (Wildman–Crippen MR) is 103 cm³/mol. The van der Waals surface area contributed by atoms with E-state index in [1.807, 2.05) is 0 Å². The van der Waals surface area contributed by atoms with Crippen LogP contribution in [-0.4, -0.2) is 13.5 Å². The third-order valence-electron chi connectivity index (χ3n) is 3.98. The van der Waals surface area contributed by atoms with Crippen LogP contribution in [-0.2, 0) is 16.6 Å². The molecule has 6 heteroatoms. The Bertz CT molecular complexity index is 600. The summed E-state index contributed by atoms with van der Waals surface area (Å²) >= 11 is 0. The number of phenols is 1. The first-order chi connectivity index (χ1) is 12.0. The van der Waals surface area contributed by atoms with E-state index in [0.29, 0.717) is 5.56 Å². The van der Waals surface area contributed by atoms with Gasteiger partial charge in [-0.3, -0.25) is 0 Å². The molecule has 0 heterocycles. The Morgan fingerprint density at radius 3 is 2.32 bits per heavy atom. The number of hydrazine groups is 1. The fourth-order valence-corrected chi connectivity index (χ4v) is 3.25. The molecule has 5 nitrogen and oxygen atoms in total. The van der Waals surface area contributed by atoms with Gasteiger partial charge in [0, 0.05) is 17.5 Å². The van der Waals surface area contributed by atoms with Crippen LogP contribution >= 0.6 is 0 Å². The second-order valence-electron chi connectivity index (χ2n) is 6.26. The van der Waals surface area contributed by atoms with E-state index in [4.69, 9.17) is 0 Å². The monoisotopic (exact) mass is 368 g/mol. The topological polar surface area (TPSA) is 78.4 Å². The summed E-state index contributed by atoms with van der Waals surface area (Å²) in [7, 11) is -3.50. The maximum absolute atomic E-state index is 11.8. The summed E-state index contributed by atoms with van der Waals surface area (Å²) in [6, 6.07) is 6.80. The number of benzene rings is 1. The normalized spacial score (nSPS) is 12.0. The van der Waals surface area contributed by atoms with E-state index in [-0.39, 0.29) is 12.3 Å². The molecule has 0 aliphatic carbocycles. The third kappa shape index (κ3) is 11.0. The van der Waals surface area contributed by atoms with Gasteiger partial charge in [0.15, 0.2) is 0 Å². The van der Waals surface area contributed by atoms with Crippen molar-refractivity contribution >= 4 is 10.0 Å². The van der Waals surface area contributed by atoms with Gasteiger partial charge in [0.2, 0.25) is 10.0 Å². The third-order valence-corrected chi connectivity index (χ3v) is 4.96. The van der Waals surface area contributed by atoms with Gasteiger partial charge in [-0.05, 0) is 18.9 Å². The summed E-state index contributed by atoms with van der Waals surface area (Å²) in [4.78, 5) is 2.29. The first-order valence-corrected chi connectivity index (χ1v) is 10.8. The Morgan fingerprint density at radius 2 is 1.64 bits per heavy atom. The Kier molecular flexibility index (Phi) is 11.2. The van der Waals surface area contributed by atoms with Crippen molar-refractivity contribution < 1.29 is 13.5 Å². The van der Waals surface area contributed by atoms with Crippen molar-refractivity contribution in [1.82, 2.24) is 10.3 Å². The van der Waals surface area contributed by atoms with Gasteiger partial charge in [0.25, 0.3) is 0 Å². The molecule has 0 aliphatic rings. The zero-order valence-electron chi connectivity index (χ0n) is 15.2. The number of rotatable bonds is 14. The number of phenolic OH excluding ortho intramolecular Hbond substituents is 1. The minimum Gasteiger partial charge on any atom is -0.508 e. The number of hydrogen-bond donors (Lipinski definition) is 3. The van der Waals surface area contributed by atoms with Crippen LogP contribution in [0.4, 0.5) is 0 Å². The first kappa shape index (κ1) is 21.7. The Hall–Kier alpha value is -1.37. The van der Waals surface area contributed by atoms with E-state index in [1.165, 1.54) is 43.9 Å². The van der Waals surface area contributed by atoms with Gasteiger partial charge >= 0.3 is 0 Å². The Morgan fingerprint density at radius 1 is 1.00 bits per heavy atom. The molecule has 142 valence electrons. The van der Waals surface area contributed by atoms with Gasteiger partial charge < -0.3 is 5.11 Å². The number of allylic oxidation sites excluding steroid dienone is 1. The lowest BCUT2D eigenvalue weighted by molar-refractivity contribution is 0.462. The van der Waals surface area contributed by atoms with Gasteiger partial charge in [0.1, 0.15) is 5.75 Å². The van der Waals surface area contributed by atoms with Crippen molar-refractivity contribution in [3.05, 3.63) is 41.3 Å². The summed E-state index contributed by atoms with van der Waals surface area (Å²) in [6.45, 7) is 2.44. The molecule has 0 unspecified atom stereocenters. The second kappa shape index (κ2) is 12.9. The number of hydrogen-bond acceptors (Lipinski definition) is 4. The van der Waals surface area contributed by atoms with Crippen LogP contribution in [0.15, 0.2) is 35.7 Å². The fourth-order valence-electron chi connectivity index (χ4n) is 2.52. The fraction of sp³-hybridized carbons (Fsp3) is 0.579. The molecule has 0 bridgehead atoms. The van der Waals surface area contributed by atoms with Gasteiger partial charge in [-0.15, -0.1) is 4.83 Å². The average Bonchev–Trinajstić information content (AvgIpc) is 2.58. The molecule has 0 saturated carbocycles. The lowest BCUT2D eigenvalue weighted by atomic mass is 10.1. The SMILES string of the molecule is CCCCCCCCCCC=CS(=O)(=O)NNCc1ccccc1O. The molecule has 0 atom stereocenters.